The number of carbonyl (C=O) groups is 1. The lowest BCUT2D eigenvalue weighted by atomic mass is 10.1. The summed E-state index contributed by atoms with van der Waals surface area (Å²) in [6, 6.07) is 17.8. The maximum atomic E-state index is 12.3. The van der Waals surface area contributed by atoms with Crippen molar-refractivity contribution in [3.8, 4) is 11.3 Å². The van der Waals surface area contributed by atoms with E-state index >= 15 is 0 Å². The number of benzene rings is 2. The molecule has 2 N–H and O–H groups in total. The number of nitrogens with zero attached hydrogens (tertiary/aromatic N) is 1. The molecular formula is C18H13ClN2O3. The van der Waals surface area contributed by atoms with Crippen molar-refractivity contribution in [1.29, 1.82) is 0 Å². The van der Waals surface area contributed by atoms with E-state index in [1.807, 2.05) is 18.2 Å². The van der Waals surface area contributed by atoms with Gasteiger partial charge in [0.05, 0.1) is 5.56 Å². The number of para-hydroxylation sites is 1. The summed E-state index contributed by atoms with van der Waals surface area (Å²) in [7, 11) is 0. The molecule has 1 aliphatic heterocycles. The first-order valence-corrected chi connectivity index (χ1v) is 7.75. The second-order valence-corrected chi connectivity index (χ2v) is 5.89. The van der Waals surface area contributed by atoms with Crippen molar-refractivity contribution in [2.75, 3.05) is 5.32 Å². The minimum atomic E-state index is -0.791. The molecule has 0 unspecified atom stereocenters. The number of rotatable bonds is 2. The van der Waals surface area contributed by atoms with Crippen LogP contribution in [0.2, 0.25) is 5.02 Å². The number of nitrogens with one attached hydrogen (secondary N) is 1. The van der Waals surface area contributed by atoms with E-state index in [0.29, 0.717) is 32.9 Å². The Morgan fingerprint density at radius 2 is 1.92 bits per heavy atom. The maximum Gasteiger partial charge on any atom is 0.281 e. The third-order valence-corrected chi connectivity index (χ3v) is 4.14. The summed E-state index contributed by atoms with van der Waals surface area (Å²) in [6.07, 6.45) is -0.791. The highest BCUT2D eigenvalue weighted by Crippen LogP contribution is 2.34. The van der Waals surface area contributed by atoms with Gasteiger partial charge in [-0.05, 0) is 36.4 Å². The fourth-order valence-corrected chi connectivity index (χ4v) is 2.92. The summed E-state index contributed by atoms with van der Waals surface area (Å²) >= 11 is 6.00. The van der Waals surface area contributed by atoms with Crippen LogP contribution in [0.25, 0.3) is 11.3 Å². The lowest BCUT2D eigenvalue weighted by molar-refractivity contribution is -0.0893. The van der Waals surface area contributed by atoms with E-state index in [9.17, 15) is 10.0 Å². The predicted octanol–water partition coefficient (Wildman–Crippen LogP) is 4.56. The van der Waals surface area contributed by atoms with Gasteiger partial charge in [-0.2, -0.15) is 5.06 Å². The van der Waals surface area contributed by atoms with Gasteiger partial charge in [-0.15, -0.1) is 0 Å². The lowest BCUT2D eigenvalue weighted by Crippen LogP contribution is -2.40. The van der Waals surface area contributed by atoms with Crippen LogP contribution in [-0.2, 0) is 0 Å². The van der Waals surface area contributed by atoms with Crippen LogP contribution in [0, 0.1) is 0 Å². The molecule has 2 heterocycles. The van der Waals surface area contributed by atoms with Crippen LogP contribution in [0.5, 0.6) is 0 Å². The topological polar surface area (TPSA) is 65.7 Å². The average Bonchev–Trinajstić information content (AvgIpc) is 3.08. The number of amides is 1. The molecule has 0 bridgehead atoms. The Morgan fingerprint density at radius 1 is 1.08 bits per heavy atom. The second-order valence-electron chi connectivity index (χ2n) is 5.45. The molecule has 0 aliphatic carbocycles. The fourth-order valence-electron chi connectivity index (χ4n) is 2.73. The number of fused-ring (bicyclic) bond motifs is 1. The van der Waals surface area contributed by atoms with Crippen LogP contribution in [-0.4, -0.2) is 16.2 Å². The van der Waals surface area contributed by atoms with Gasteiger partial charge in [-0.25, -0.2) is 0 Å². The van der Waals surface area contributed by atoms with E-state index in [1.54, 1.807) is 42.5 Å². The smallest absolute Gasteiger partial charge is 0.281 e. The number of halogens is 1. The van der Waals surface area contributed by atoms with Crippen LogP contribution in [0.1, 0.15) is 22.3 Å². The predicted molar refractivity (Wildman–Crippen MR) is 89.9 cm³/mol. The highest BCUT2D eigenvalue weighted by molar-refractivity contribution is 6.30. The second kappa shape index (κ2) is 5.70. The number of carbonyl (C=O) groups excluding carboxylic acids is 1. The Kier molecular flexibility index (Phi) is 3.52. The van der Waals surface area contributed by atoms with Crippen molar-refractivity contribution in [1.82, 2.24) is 5.06 Å². The Bertz CT molecular complexity index is 922. The van der Waals surface area contributed by atoms with Crippen LogP contribution in [0.15, 0.2) is 65.1 Å². The van der Waals surface area contributed by atoms with E-state index < -0.39 is 12.1 Å². The molecule has 3 aromatic rings. The molecule has 1 aromatic heterocycles. The van der Waals surface area contributed by atoms with Crippen molar-refractivity contribution in [2.45, 2.75) is 6.17 Å². The van der Waals surface area contributed by atoms with Gasteiger partial charge in [0.25, 0.3) is 5.91 Å². The summed E-state index contributed by atoms with van der Waals surface area (Å²) in [5.41, 5.74) is 1.89. The number of hydrogen-bond donors (Lipinski definition) is 2. The van der Waals surface area contributed by atoms with Gasteiger partial charge in [0.15, 0.2) is 6.17 Å². The Morgan fingerprint density at radius 3 is 2.75 bits per heavy atom. The number of hydrogen-bond acceptors (Lipinski definition) is 4. The molecule has 1 aliphatic rings. The Balaban J connectivity index is 1.69. The summed E-state index contributed by atoms with van der Waals surface area (Å²) in [4.78, 5) is 12.3. The van der Waals surface area contributed by atoms with E-state index in [4.69, 9.17) is 16.0 Å². The lowest BCUT2D eigenvalue weighted by Gasteiger charge is -2.31. The van der Waals surface area contributed by atoms with Crippen LogP contribution < -0.4 is 5.32 Å². The van der Waals surface area contributed by atoms with E-state index in [1.165, 1.54) is 0 Å². The van der Waals surface area contributed by atoms with Gasteiger partial charge in [-0.3, -0.25) is 10.0 Å². The van der Waals surface area contributed by atoms with Crippen molar-refractivity contribution >= 4 is 23.2 Å². The van der Waals surface area contributed by atoms with E-state index in [-0.39, 0.29) is 0 Å². The van der Waals surface area contributed by atoms with Crippen molar-refractivity contribution in [3.63, 3.8) is 0 Å². The minimum absolute atomic E-state index is 0.415. The van der Waals surface area contributed by atoms with Gasteiger partial charge in [0.2, 0.25) is 0 Å². The van der Waals surface area contributed by atoms with Crippen LogP contribution in [0.3, 0.4) is 0 Å². The number of anilines is 1. The molecule has 0 saturated carbocycles. The third kappa shape index (κ3) is 2.44. The van der Waals surface area contributed by atoms with Crippen molar-refractivity contribution in [3.05, 3.63) is 77.0 Å². The van der Waals surface area contributed by atoms with Crippen molar-refractivity contribution in [2.24, 2.45) is 0 Å². The van der Waals surface area contributed by atoms with Gasteiger partial charge in [0.1, 0.15) is 11.5 Å². The van der Waals surface area contributed by atoms with E-state index in [2.05, 4.69) is 5.32 Å². The molecule has 5 nitrogen and oxygen atoms in total. The first-order valence-electron chi connectivity index (χ1n) is 7.37. The van der Waals surface area contributed by atoms with Gasteiger partial charge in [-0.1, -0.05) is 35.9 Å². The molecule has 6 heteroatoms. The third-order valence-electron chi connectivity index (χ3n) is 3.91. The van der Waals surface area contributed by atoms with Gasteiger partial charge < -0.3 is 9.73 Å². The SMILES string of the molecule is O=C1c2ccccc2N[C@@H](c2ccc(-c3cccc(Cl)c3)o2)N1O. The summed E-state index contributed by atoms with van der Waals surface area (Å²) in [5, 5.41) is 14.6. The monoisotopic (exact) mass is 340 g/mol. The molecule has 24 heavy (non-hydrogen) atoms. The normalized spacial score (nSPS) is 16.7. The van der Waals surface area contributed by atoms with Crippen molar-refractivity contribution < 1.29 is 14.4 Å². The first-order chi connectivity index (χ1) is 11.6. The Labute approximate surface area is 143 Å². The molecule has 2 aromatic carbocycles. The highest BCUT2D eigenvalue weighted by Gasteiger charge is 2.33. The molecule has 0 saturated heterocycles. The first kappa shape index (κ1) is 14.8. The number of furan rings is 1. The quantitative estimate of drug-likeness (QED) is 0.671. The fraction of sp³-hybridized carbons (Fsp3) is 0.0556. The van der Waals surface area contributed by atoms with Gasteiger partial charge in [0, 0.05) is 16.3 Å². The molecule has 120 valence electrons. The van der Waals surface area contributed by atoms with Crippen LogP contribution in [0.4, 0.5) is 5.69 Å². The standard InChI is InChI=1S/C18H13ClN2O3/c19-12-5-3-4-11(10-12)15-8-9-16(24-15)17-20-14-7-2-1-6-13(14)18(22)21(17)23/h1-10,17,20,23H/t17-/m1/s1. The highest BCUT2D eigenvalue weighted by atomic mass is 35.5. The molecule has 4 rings (SSSR count). The zero-order valence-corrected chi connectivity index (χ0v) is 13.2. The van der Waals surface area contributed by atoms with E-state index in [0.717, 1.165) is 5.56 Å². The zero-order valence-electron chi connectivity index (χ0n) is 12.4. The Hall–Kier alpha value is -2.76. The largest absolute Gasteiger partial charge is 0.457 e. The van der Waals surface area contributed by atoms with Crippen LogP contribution >= 0.6 is 11.6 Å². The molecule has 0 fully saturated rings. The average molecular weight is 341 g/mol. The molecule has 0 spiro atoms. The molecular weight excluding hydrogens is 328 g/mol. The summed E-state index contributed by atoms with van der Waals surface area (Å²) < 4.78 is 5.82. The summed E-state index contributed by atoms with van der Waals surface area (Å²) in [5.74, 6) is 0.555. The minimum Gasteiger partial charge on any atom is -0.457 e. The molecule has 0 radical (unpaired) electrons. The zero-order chi connectivity index (χ0) is 16.7. The van der Waals surface area contributed by atoms with Gasteiger partial charge >= 0.3 is 0 Å². The molecule has 1 amide bonds. The molecule has 1 atom stereocenters. The number of hydroxylamine groups is 2. The maximum absolute atomic E-state index is 12.3. The summed E-state index contributed by atoms with van der Waals surface area (Å²) in [6.45, 7) is 0.